The van der Waals surface area contributed by atoms with Gasteiger partial charge in [0.15, 0.2) is 0 Å². The predicted molar refractivity (Wildman–Crippen MR) is 65.8 cm³/mol. The normalized spacial score (nSPS) is 9.69. The van der Waals surface area contributed by atoms with E-state index in [2.05, 4.69) is 27.2 Å². The van der Waals surface area contributed by atoms with Gasteiger partial charge in [0.1, 0.15) is 17.9 Å². The van der Waals surface area contributed by atoms with Crippen LogP contribution in [0.15, 0.2) is 34.8 Å². The molecule has 0 unspecified atom stereocenters. The summed E-state index contributed by atoms with van der Waals surface area (Å²) in [5, 5.41) is 0. The van der Waals surface area contributed by atoms with Crippen LogP contribution in [-0.2, 0) is 4.74 Å². The molecule has 0 aliphatic heterocycles. The predicted octanol–water partition coefficient (Wildman–Crippen LogP) is 3.19. The van der Waals surface area contributed by atoms with Gasteiger partial charge in [0.2, 0.25) is 0 Å². The lowest BCUT2D eigenvalue weighted by Crippen LogP contribution is -2.07. The van der Waals surface area contributed by atoms with Crippen molar-refractivity contribution >= 4 is 21.9 Å². The van der Waals surface area contributed by atoms with Crippen LogP contribution in [0.1, 0.15) is 17.3 Å². The maximum Gasteiger partial charge on any atom is 0.341 e. The first-order chi connectivity index (χ1) is 7.56. The quantitative estimate of drug-likeness (QED) is 0.629. The van der Waals surface area contributed by atoms with Crippen LogP contribution >= 0.6 is 15.9 Å². The molecule has 0 atom stereocenters. The summed E-state index contributed by atoms with van der Waals surface area (Å²) in [6, 6.07) is 5.22. The third-order valence-corrected chi connectivity index (χ3v) is 2.46. The van der Waals surface area contributed by atoms with Crippen LogP contribution < -0.4 is 4.74 Å². The maximum absolute atomic E-state index is 11.5. The molecule has 0 saturated carbocycles. The van der Waals surface area contributed by atoms with Crippen molar-refractivity contribution in [3.05, 3.63) is 40.4 Å². The zero-order chi connectivity index (χ0) is 12.1. The molecule has 0 amide bonds. The van der Waals surface area contributed by atoms with Crippen LogP contribution in [0.2, 0.25) is 0 Å². The molecule has 16 heavy (non-hydrogen) atoms. The molecule has 3 nitrogen and oxygen atoms in total. The van der Waals surface area contributed by atoms with E-state index in [0.29, 0.717) is 17.9 Å². The average molecular weight is 285 g/mol. The van der Waals surface area contributed by atoms with E-state index in [1.165, 1.54) is 7.11 Å². The molecule has 0 heterocycles. The van der Waals surface area contributed by atoms with Gasteiger partial charge in [-0.15, -0.1) is 0 Å². The van der Waals surface area contributed by atoms with Gasteiger partial charge in [-0.3, -0.25) is 0 Å². The molecule has 0 bridgehead atoms. The SMILES string of the molecule is C=C(C)COc1c(Br)cccc1C(=O)OC. The Balaban J connectivity index is 3.03. The number of methoxy groups -OCH3 is 1. The number of esters is 1. The number of ether oxygens (including phenoxy) is 2. The average Bonchev–Trinajstić information content (AvgIpc) is 2.25. The topological polar surface area (TPSA) is 35.5 Å². The number of carbonyl (C=O) groups is 1. The first-order valence-electron chi connectivity index (χ1n) is 4.70. The van der Waals surface area contributed by atoms with E-state index in [1.807, 2.05) is 6.92 Å². The second-order valence-electron chi connectivity index (χ2n) is 3.35. The molecule has 0 spiro atoms. The molecule has 1 aromatic carbocycles. The summed E-state index contributed by atoms with van der Waals surface area (Å²) in [6.07, 6.45) is 0. The first-order valence-corrected chi connectivity index (χ1v) is 5.49. The van der Waals surface area contributed by atoms with Gasteiger partial charge in [0.05, 0.1) is 11.6 Å². The van der Waals surface area contributed by atoms with Crippen molar-refractivity contribution in [3.8, 4) is 5.75 Å². The summed E-state index contributed by atoms with van der Waals surface area (Å²) in [6.45, 7) is 5.96. The molecule has 4 heteroatoms. The summed E-state index contributed by atoms with van der Waals surface area (Å²) in [7, 11) is 1.34. The Kier molecular flexibility index (Phi) is 4.55. The highest BCUT2D eigenvalue weighted by atomic mass is 79.9. The van der Waals surface area contributed by atoms with Gasteiger partial charge in [0.25, 0.3) is 0 Å². The molecular formula is C12H13BrO3. The summed E-state index contributed by atoms with van der Waals surface area (Å²) in [5.74, 6) is 0.0652. The minimum Gasteiger partial charge on any atom is -0.487 e. The molecule has 0 aliphatic rings. The van der Waals surface area contributed by atoms with E-state index in [9.17, 15) is 4.79 Å². The van der Waals surface area contributed by atoms with Crippen molar-refractivity contribution < 1.29 is 14.3 Å². The molecule has 1 rings (SSSR count). The van der Waals surface area contributed by atoms with Gasteiger partial charge >= 0.3 is 5.97 Å². The van der Waals surface area contributed by atoms with Gasteiger partial charge in [-0.1, -0.05) is 12.6 Å². The van der Waals surface area contributed by atoms with E-state index in [0.717, 1.165) is 10.0 Å². The largest absolute Gasteiger partial charge is 0.487 e. The summed E-state index contributed by atoms with van der Waals surface area (Å²) in [5.41, 5.74) is 1.28. The molecule has 0 fully saturated rings. The van der Waals surface area contributed by atoms with Gasteiger partial charge in [0, 0.05) is 0 Å². The van der Waals surface area contributed by atoms with E-state index < -0.39 is 5.97 Å². The van der Waals surface area contributed by atoms with Gasteiger partial charge in [-0.25, -0.2) is 4.79 Å². The molecule has 1 aromatic rings. The molecule has 0 aliphatic carbocycles. The number of benzene rings is 1. The number of rotatable bonds is 4. The highest BCUT2D eigenvalue weighted by Crippen LogP contribution is 2.29. The fourth-order valence-corrected chi connectivity index (χ4v) is 1.60. The van der Waals surface area contributed by atoms with Gasteiger partial charge < -0.3 is 9.47 Å². The van der Waals surface area contributed by atoms with Crippen molar-refractivity contribution in [1.29, 1.82) is 0 Å². The number of carbonyl (C=O) groups excluding carboxylic acids is 1. The lowest BCUT2D eigenvalue weighted by molar-refractivity contribution is 0.0596. The highest BCUT2D eigenvalue weighted by Gasteiger charge is 2.15. The third kappa shape index (κ3) is 3.10. The summed E-state index contributed by atoms with van der Waals surface area (Å²) >= 11 is 3.33. The maximum atomic E-state index is 11.5. The van der Waals surface area contributed by atoms with Gasteiger partial charge in [-0.05, 0) is 40.6 Å². The van der Waals surface area contributed by atoms with E-state index in [-0.39, 0.29) is 0 Å². The minimum absolute atomic E-state index is 0.368. The lowest BCUT2D eigenvalue weighted by Gasteiger charge is -2.11. The Labute approximate surface area is 103 Å². The third-order valence-electron chi connectivity index (χ3n) is 1.84. The minimum atomic E-state index is -0.419. The standard InChI is InChI=1S/C12H13BrO3/c1-8(2)7-16-11-9(12(14)15-3)5-4-6-10(11)13/h4-6H,1,7H2,2-3H3. The molecule has 86 valence electrons. The van der Waals surface area contributed by atoms with Crippen molar-refractivity contribution in [3.63, 3.8) is 0 Å². The van der Waals surface area contributed by atoms with Crippen LogP contribution in [0.4, 0.5) is 0 Å². The van der Waals surface area contributed by atoms with Crippen LogP contribution in [-0.4, -0.2) is 19.7 Å². The number of halogens is 1. The van der Waals surface area contributed by atoms with E-state index in [1.54, 1.807) is 18.2 Å². The van der Waals surface area contributed by atoms with E-state index in [4.69, 9.17) is 4.74 Å². The smallest absolute Gasteiger partial charge is 0.341 e. The monoisotopic (exact) mass is 284 g/mol. The fourth-order valence-electron chi connectivity index (χ4n) is 1.12. The Hall–Kier alpha value is -1.29. The number of hydrogen-bond donors (Lipinski definition) is 0. The number of hydrogen-bond acceptors (Lipinski definition) is 3. The molecule has 0 N–H and O–H groups in total. The zero-order valence-electron chi connectivity index (χ0n) is 9.25. The zero-order valence-corrected chi connectivity index (χ0v) is 10.8. The van der Waals surface area contributed by atoms with Crippen LogP contribution in [0.5, 0.6) is 5.75 Å². The molecule has 0 radical (unpaired) electrons. The Bertz CT molecular complexity index is 413. The van der Waals surface area contributed by atoms with Crippen LogP contribution in [0.3, 0.4) is 0 Å². The Morgan fingerprint density at radius 1 is 1.50 bits per heavy atom. The molecule has 0 saturated heterocycles. The Morgan fingerprint density at radius 2 is 2.19 bits per heavy atom. The number of para-hydroxylation sites is 1. The van der Waals surface area contributed by atoms with Crippen LogP contribution in [0, 0.1) is 0 Å². The molecule has 0 aromatic heterocycles. The fraction of sp³-hybridized carbons (Fsp3) is 0.250. The van der Waals surface area contributed by atoms with Crippen LogP contribution in [0.25, 0.3) is 0 Å². The second-order valence-corrected chi connectivity index (χ2v) is 4.21. The van der Waals surface area contributed by atoms with Crippen molar-refractivity contribution in [2.75, 3.05) is 13.7 Å². The van der Waals surface area contributed by atoms with Crippen molar-refractivity contribution in [1.82, 2.24) is 0 Å². The first kappa shape index (κ1) is 12.8. The van der Waals surface area contributed by atoms with Gasteiger partial charge in [-0.2, -0.15) is 0 Å². The molecular weight excluding hydrogens is 272 g/mol. The van der Waals surface area contributed by atoms with Crippen molar-refractivity contribution in [2.45, 2.75) is 6.92 Å². The second kappa shape index (κ2) is 5.70. The lowest BCUT2D eigenvalue weighted by atomic mass is 10.2. The highest BCUT2D eigenvalue weighted by molar-refractivity contribution is 9.10. The Morgan fingerprint density at radius 3 is 2.75 bits per heavy atom. The summed E-state index contributed by atoms with van der Waals surface area (Å²) in [4.78, 5) is 11.5. The summed E-state index contributed by atoms with van der Waals surface area (Å²) < 4.78 is 10.9. The van der Waals surface area contributed by atoms with Crippen molar-refractivity contribution in [2.24, 2.45) is 0 Å². The van der Waals surface area contributed by atoms with E-state index >= 15 is 0 Å².